The van der Waals surface area contributed by atoms with Gasteiger partial charge >= 0.3 is 0 Å². The fourth-order valence-corrected chi connectivity index (χ4v) is 3.10. The first-order valence-corrected chi connectivity index (χ1v) is 9.16. The number of hydrogen-bond donors (Lipinski definition) is 2. The first-order valence-electron chi connectivity index (χ1n) is 8.35. The second kappa shape index (κ2) is 9.93. The van der Waals surface area contributed by atoms with E-state index in [0.717, 1.165) is 36.7 Å². The highest BCUT2D eigenvalue weighted by Crippen LogP contribution is 2.14. The predicted octanol–water partition coefficient (Wildman–Crippen LogP) is 3.01. The molecule has 1 aromatic carbocycles. The fourth-order valence-electron chi connectivity index (χ4n) is 2.23. The molecular weight excluding hydrogens is 320 g/mol. The number of nitrogens with zero attached hydrogens (tertiary/aromatic N) is 2. The van der Waals surface area contributed by atoms with Crippen LogP contribution in [-0.4, -0.2) is 31.1 Å². The number of aromatic nitrogens is 1. The SMILES string of the molecule is CCOc1cccc(CNC(=NC)NCCc2ncc(CC)s2)c1. The summed E-state index contributed by atoms with van der Waals surface area (Å²) in [5, 5.41) is 7.82. The summed E-state index contributed by atoms with van der Waals surface area (Å²) in [5.74, 6) is 1.69. The molecule has 0 saturated heterocycles. The summed E-state index contributed by atoms with van der Waals surface area (Å²) < 4.78 is 5.53. The van der Waals surface area contributed by atoms with Crippen LogP contribution < -0.4 is 15.4 Å². The fraction of sp³-hybridized carbons (Fsp3) is 0.444. The van der Waals surface area contributed by atoms with Crippen molar-refractivity contribution in [1.29, 1.82) is 0 Å². The zero-order valence-electron chi connectivity index (χ0n) is 14.6. The van der Waals surface area contributed by atoms with Gasteiger partial charge in [-0.25, -0.2) is 4.98 Å². The summed E-state index contributed by atoms with van der Waals surface area (Å²) in [4.78, 5) is 10.0. The molecule has 2 N–H and O–H groups in total. The summed E-state index contributed by atoms with van der Waals surface area (Å²) in [6.07, 6.45) is 3.93. The number of ether oxygens (including phenoxy) is 1. The maximum atomic E-state index is 5.53. The Morgan fingerprint density at radius 3 is 2.88 bits per heavy atom. The average Bonchev–Trinajstić information content (AvgIpc) is 3.06. The highest BCUT2D eigenvalue weighted by molar-refractivity contribution is 7.11. The summed E-state index contributed by atoms with van der Waals surface area (Å²) in [7, 11) is 1.78. The van der Waals surface area contributed by atoms with Crippen LogP contribution in [0.25, 0.3) is 0 Å². The zero-order chi connectivity index (χ0) is 17.2. The van der Waals surface area contributed by atoms with E-state index in [2.05, 4.69) is 33.6 Å². The van der Waals surface area contributed by atoms with Gasteiger partial charge in [-0.1, -0.05) is 19.1 Å². The molecule has 24 heavy (non-hydrogen) atoms. The number of rotatable bonds is 8. The van der Waals surface area contributed by atoms with Gasteiger partial charge in [-0.2, -0.15) is 0 Å². The van der Waals surface area contributed by atoms with Gasteiger partial charge in [-0.3, -0.25) is 4.99 Å². The molecule has 0 aliphatic carbocycles. The van der Waals surface area contributed by atoms with Crippen LogP contribution in [0.15, 0.2) is 35.5 Å². The van der Waals surface area contributed by atoms with Crippen LogP contribution in [0.1, 0.15) is 29.3 Å². The maximum Gasteiger partial charge on any atom is 0.191 e. The van der Waals surface area contributed by atoms with Crippen LogP contribution in [0.3, 0.4) is 0 Å². The second-order valence-corrected chi connectivity index (χ2v) is 6.46. The van der Waals surface area contributed by atoms with E-state index < -0.39 is 0 Å². The number of aliphatic imine (C=N–C) groups is 1. The van der Waals surface area contributed by atoms with E-state index in [-0.39, 0.29) is 0 Å². The minimum Gasteiger partial charge on any atom is -0.494 e. The molecule has 0 atom stereocenters. The van der Waals surface area contributed by atoms with Crippen molar-refractivity contribution in [3.63, 3.8) is 0 Å². The first kappa shape index (κ1) is 18.3. The molecule has 130 valence electrons. The van der Waals surface area contributed by atoms with Crippen molar-refractivity contribution in [2.24, 2.45) is 4.99 Å². The van der Waals surface area contributed by atoms with Crippen molar-refractivity contribution in [1.82, 2.24) is 15.6 Å². The lowest BCUT2D eigenvalue weighted by Gasteiger charge is -2.12. The molecule has 0 aliphatic heterocycles. The van der Waals surface area contributed by atoms with Crippen molar-refractivity contribution >= 4 is 17.3 Å². The third-order valence-corrected chi connectivity index (χ3v) is 4.68. The van der Waals surface area contributed by atoms with Crippen LogP contribution in [0.5, 0.6) is 5.75 Å². The third kappa shape index (κ3) is 5.85. The van der Waals surface area contributed by atoms with Crippen LogP contribution in [-0.2, 0) is 19.4 Å². The van der Waals surface area contributed by atoms with Gasteiger partial charge in [0.05, 0.1) is 11.6 Å². The lowest BCUT2D eigenvalue weighted by Crippen LogP contribution is -2.37. The number of aryl methyl sites for hydroxylation is 1. The van der Waals surface area contributed by atoms with E-state index in [0.29, 0.717) is 13.2 Å². The Morgan fingerprint density at radius 2 is 2.17 bits per heavy atom. The first-order chi connectivity index (χ1) is 11.7. The zero-order valence-corrected chi connectivity index (χ0v) is 15.4. The van der Waals surface area contributed by atoms with E-state index in [1.54, 1.807) is 18.4 Å². The molecule has 0 radical (unpaired) electrons. The van der Waals surface area contributed by atoms with E-state index in [4.69, 9.17) is 4.74 Å². The maximum absolute atomic E-state index is 5.53. The minimum absolute atomic E-state index is 0.677. The van der Waals surface area contributed by atoms with Gasteiger partial charge < -0.3 is 15.4 Å². The number of benzene rings is 1. The monoisotopic (exact) mass is 346 g/mol. The molecule has 0 bridgehead atoms. The normalized spacial score (nSPS) is 11.4. The van der Waals surface area contributed by atoms with E-state index in [9.17, 15) is 0 Å². The topological polar surface area (TPSA) is 58.5 Å². The predicted molar refractivity (Wildman–Crippen MR) is 101 cm³/mol. The van der Waals surface area contributed by atoms with Gasteiger partial charge in [-0.15, -0.1) is 11.3 Å². The van der Waals surface area contributed by atoms with E-state index in [1.165, 1.54) is 9.88 Å². The number of hydrogen-bond acceptors (Lipinski definition) is 4. The molecule has 0 saturated carbocycles. The van der Waals surface area contributed by atoms with Gasteiger partial charge in [0.15, 0.2) is 5.96 Å². The largest absolute Gasteiger partial charge is 0.494 e. The van der Waals surface area contributed by atoms with Crippen molar-refractivity contribution in [3.05, 3.63) is 45.9 Å². The summed E-state index contributed by atoms with van der Waals surface area (Å²) >= 11 is 1.78. The van der Waals surface area contributed by atoms with Gasteiger partial charge in [0.25, 0.3) is 0 Å². The molecule has 5 nitrogen and oxygen atoms in total. The average molecular weight is 347 g/mol. The lowest BCUT2D eigenvalue weighted by atomic mass is 10.2. The molecule has 6 heteroatoms. The highest BCUT2D eigenvalue weighted by atomic mass is 32.1. The molecule has 0 amide bonds. The summed E-state index contributed by atoms with van der Waals surface area (Å²) in [6.45, 7) is 6.34. The van der Waals surface area contributed by atoms with Crippen molar-refractivity contribution in [3.8, 4) is 5.75 Å². The molecular formula is C18H26N4OS. The lowest BCUT2D eigenvalue weighted by molar-refractivity contribution is 0.340. The van der Waals surface area contributed by atoms with Crippen molar-refractivity contribution in [2.75, 3.05) is 20.2 Å². The minimum atomic E-state index is 0.677. The highest BCUT2D eigenvalue weighted by Gasteiger charge is 2.03. The smallest absolute Gasteiger partial charge is 0.191 e. The molecule has 2 rings (SSSR count). The molecule has 1 aromatic heterocycles. The standard InChI is InChI=1S/C18H26N4OS/c1-4-16-13-21-17(24-16)9-10-20-18(19-3)22-12-14-7-6-8-15(11-14)23-5-2/h6-8,11,13H,4-5,9-10,12H2,1-3H3,(H2,19,20,22). The Hall–Kier alpha value is -2.08. The Labute approximate surface area is 148 Å². The van der Waals surface area contributed by atoms with Crippen LogP contribution in [0.4, 0.5) is 0 Å². The summed E-state index contributed by atoms with van der Waals surface area (Å²) in [5.41, 5.74) is 1.16. The van der Waals surface area contributed by atoms with Crippen LogP contribution in [0.2, 0.25) is 0 Å². The molecule has 0 unspecified atom stereocenters. The number of guanidine groups is 1. The Bertz CT molecular complexity index is 654. The molecule has 0 spiro atoms. The Kier molecular flexibility index (Phi) is 7.55. The molecule has 0 aliphatic rings. The number of nitrogens with one attached hydrogen (secondary N) is 2. The van der Waals surface area contributed by atoms with Gasteiger partial charge in [0, 0.05) is 37.6 Å². The van der Waals surface area contributed by atoms with Gasteiger partial charge in [-0.05, 0) is 31.0 Å². The quantitative estimate of drug-likeness (QED) is 0.570. The van der Waals surface area contributed by atoms with Crippen LogP contribution >= 0.6 is 11.3 Å². The second-order valence-electron chi connectivity index (χ2n) is 5.26. The van der Waals surface area contributed by atoms with Gasteiger partial charge in [0.1, 0.15) is 5.75 Å². The molecule has 1 heterocycles. The molecule has 0 fully saturated rings. The van der Waals surface area contributed by atoms with Crippen molar-refractivity contribution < 1.29 is 4.74 Å². The molecule has 2 aromatic rings. The third-order valence-electron chi connectivity index (χ3n) is 3.47. The summed E-state index contributed by atoms with van der Waals surface area (Å²) in [6, 6.07) is 8.10. The Balaban J connectivity index is 1.76. The van der Waals surface area contributed by atoms with Crippen molar-refractivity contribution in [2.45, 2.75) is 33.2 Å². The van der Waals surface area contributed by atoms with Crippen LogP contribution in [0, 0.1) is 0 Å². The van der Waals surface area contributed by atoms with E-state index in [1.807, 2.05) is 31.3 Å². The number of thiazole rings is 1. The Morgan fingerprint density at radius 1 is 1.29 bits per heavy atom. The van der Waals surface area contributed by atoms with E-state index >= 15 is 0 Å². The van der Waals surface area contributed by atoms with Gasteiger partial charge in [0.2, 0.25) is 0 Å².